The molecule has 0 amide bonds. The van der Waals surface area contributed by atoms with Gasteiger partial charge in [0.25, 0.3) is 0 Å². The standard InChI is InChI=1S/C14H22N2/c1-2-13-6-3-7-14(13)16-10-8-12-5-4-9-15-11-12/h4-5,9,11,13-14,16H,2-3,6-8,10H2,1H3. The number of pyridine rings is 1. The summed E-state index contributed by atoms with van der Waals surface area (Å²) in [6, 6.07) is 4.93. The Kier molecular flexibility index (Phi) is 4.34. The van der Waals surface area contributed by atoms with Crippen LogP contribution in [0.5, 0.6) is 0 Å². The minimum absolute atomic E-state index is 0.765. The SMILES string of the molecule is CCC1CCCC1NCCc1cccnc1. The van der Waals surface area contributed by atoms with Crippen molar-refractivity contribution in [1.29, 1.82) is 0 Å². The van der Waals surface area contributed by atoms with Crippen molar-refractivity contribution in [2.75, 3.05) is 6.54 Å². The maximum Gasteiger partial charge on any atom is 0.0300 e. The van der Waals surface area contributed by atoms with Crippen LogP contribution in [0.15, 0.2) is 24.5 Å². The van der Waals surface area contributed by atoms with Crippen LogP contribution < -0.4 is 5.32 Å². The van der Waals surface area contributed by atoms with E-state index in [-0.39, 0.29) is 0 Å². The molecule has 0 spiro atoms. The fourth-order valence-corrected chi connectivity index (χ4v) is 2.74. The van der Waals surface area contributed by atoms with Crippen molar-refractivity contribution in [2.24, 2.45) is 5.92 Å². The van der Waals surface area contributed by atoms with Gasteiger partial charge >= 0.3 is 0 Å². The van der Waals surface area contributed by atoms with Crippen LogP contribution in [0.2, 0.25) is 0 Å². The fraction of sp³-hybridized carbons (Fsp3) is 0.643. The lowest BCUT2D eigenvalue weighted by Crippen LogP contribution is -2.33. The molecule has 0 aromatic carbocycles. The molecule has 1 saturated carbocycles. The van der Waals surface area contributed by atoms with Crippen LogP contribution in [0.25, 0.3) is 0 Å². The van der Waals surface area contributed by atoms with Crippen molar-refractivity contribution in [3.63, 3.8) is 0 Å². The van der Waals surface area contributed by atoms with Crippen molar-refractivity contribution < 1.29 is 0 Å². The van der Waals surface area contributed by atoms with Gasteiger partial charge in [-0.15, -0.1) is 0 Å². The molecule has 1 heterocycles. The summed E-state index contributed by atoms with van der Waals surface area (Å²) in [4.78, 5) is 4.14. The highest BCUT2D eigenvalue weighted by molar-refractivity contribution is 5.08. The first-order valence-corrected chi connectivity index (χ1v) is 6.52. The van der Waals surface area contributed by atoms with Crippen LogP contribution in [0.1, 0.15) is 38.2 Å². The summed E-state index contributed by atoms with van der Waals surface area (Å²) in [7, 11) is 0. The van der Waals surface area contributed by atoms with E-state index in [0.29, 0.717) is 0 Å². The van der Waals surface area contributed by atoms with Crippen molar-refractivity contribution in [1.82, 2.24) is 10.3 Å². The van der Waals surface area contributed by atoms with Crippen LogP contribution in [-0.2, 0) is 6.42 Å². The lowest BCUT2D eigenvalue weighted by molar-refractivity contribution is 0.393. The van der Waals surface area contributed by atoms with Crippen LogP contribution in [-0.4, -0.2) is 17.6 Å². The van der Waals surface area contributed by atoms with E-state index in [1.54, 1.807) is 0 Å². The Hall–Kier alpha value is -0.890. The molecule has 0 radical (unpaired) electrons. The van der Waals surface area contributed by atoms with E-state index in [1.165, 1.54) is 31.2 Å². The topological polar surface area (TPSA) is 24.9 Å². The third-order valence-electron chi connectivity index (χ3n) is 3.73. The first-order chi connectivity index (χ1) is 7.90. The molecule has 1 aliphatic carbocycles. The third-order valence-corrected chi connectivity index (χ3v) is 3.73. The zero-order valence-electron chi connectivity index (χ0n) is 10.2. The molecular weight excluding hydrogens is 196 g/mol. The van der Waals surface area contributed by atoms with Gasteiger partial charge in [0.15, 0.2) is 0 Å². The van der Waals surface area contributed by atoms with Gasteiger partial charge in [0.05, 0.1) is 0 Å². The maximum absolute atomic E-state index is 4.14. The largest absolute Gasteiger partial charge is 0.313 e. The second-order valence-electron chi connectivity index (χ2n) is 4.77. The van der Waals surface area contributed by atoms with Gasteiger partial charge in [0.1, 0.15) is 0 Å². The second kappa shape index (κ2) is 6.00. The third kappa shape index (κ3) is 3.05. The van der Waals surface area contributed by atoms with Gasteiger partial charge in [0.2, 0.25) is 0 Å². The molecule has 0 aliphatic heterocycles. The van der Waals surface area contributed by atoms with Gasteiger partial charge in [0, 0.05) is 18.4 Å². The molecule has 2 rings (SSSR count). The highest BCUT2D eigenvalue weighted by Gasteiger charge is 2.24. The van der Waals surface area contributed by atoms with Gasteiger partial charge in [-0.25, -0.2) is 0 Å². The van der Waals surface area contributed by atoms with Gasteiger partial charge in [-0.2, -0.15) is 0 Å². The Morgan fingerprint density at radius 3 is 3.12 bits per heavy atom. The first-order valence-electron chi connectivity index (χ1n) is 6.52. The molecule has 0 saturated heterocycles. The van der Waals surface area contributed by atoms with E-state index < -0.39 is 0 Å². The predicted octanol–water partition coefficient (Wildman–Crippen LogP) is 2.79. The lowest BCUT2D eigenvalue weighted by atomic mass is 10.0. The number of aromatic nitrogens is 1. The molecule has 2 atom stereocenters. The number of nitrogens with one attached hydrogen (secondary N) is 1. The minimum atomic E-state index is 0.765. The molecule has 88 valence electrons. The van der Waals surface area contributed by atoms with Gasteiger partial charge in [-0.1, -0.05) is 25.8 Å². The van der Waals surface area contributed by atoms with E-state index in [0.717, 1.165) is 24.9 Å². The second-order valence-corrected chi connectivity index (χ2v) is 4.77. The minimum Gasteiger partial charge on any atom is -0.313 e. The summed E-state index contributed by atoms with van der Waals surface area (Å²) < 4.78 is 0. The van der Waals surface area contributed by atoms with Gasteiger partial charge in [-0.05, 0) is 43.4 Å². The monoisotopic (exact) mass is 218 g/mol. The number of rotatable bonds is 5. The zero-order chi connectivity index (χ0) is 11.2. The Bertz CT molecular complexity index is 297. The number of nitrogens with zero attached hydrogens (tertiary/aromatic N) is 1. The molecule has 0 bridgehead atoms. The van der Waals surface area contributed by atoms with Crippen LogP contribution in [0.4, 0.5) is 0 Å². The molecule has 1 fully saturated rings. The summed E-state index contributed by atoms with van der Waals surface area (Å²) in [6.07, 6.45) is 10.4. The predicted molar refractivity (Wildman–Crippen MR) is 67.4 cm³/mol. The lowest BCUT2D eigenvalue weighted by Gasteiger charge is -2.19. The molecule has 1 aromatic rings. The number of hydrogen-bond donors (Lipinski definition) is 1. The highest BCUT2D eigenvalue weighted by Crippen LogP contribution is 2.27. The average Bonchev–Trinajstić information content (AvgIpc) is 2.78. The molecule has 2 nitrogen and oxygen atoms in total. The van der Waals surface area contributed by atoms with E-state index in [9.17, 15) is 0 Å². The molecule has 1 N–H and O–H groups in total. The summed E-state index contributed by atoms with van der Waals surface area (Å²) in [5.41, 5.74) is 1.33. The molecule has 2 unspecified atom stereocenters. The smallest absolute Gasteiger partial charge is 0.0300 e. The Morgan fingerprint density at radius 1 is 1.44 bits per heavy atom. The summed E-state index contributed by atoms with van der Waals surface area (Å²) in [6.45, 7) is 3.40. The molecule has 1 aromatic heterocycles. The van der Waals surface area contributed by atoms with Gasteiger partial charge < -0.3 is 5.32 Å². The van der Waals surface area contributed by atoms with E-state index in [4.69, 9.17) is 0 Å². The summed E-state index contributed by atoms with van der Waals surface area (Å²) in [5.74, 6) is 0.911. The summed E-state index contributed by atoms with van der Waals surface area (Å²) in [5, 5.41) is 3.70. The molecule has 16 heavy (non-hydrogen) atoms. The van der Waals surface area contributed by atoms with Crippen molar-refractivity contribution in [3.8, 4) is 0 Å². The highest BCUT2D eigenvalue weighted by atomic mass is 14.9. The van der Waals surface area contributed by atoms with Crippen LogP contribution in [0.3, 0.4) is 0 Å². The van der Waals surface area contributed by atoms with E-state index in [2.05, 4.69) is 23.3 Å². The van der Waals surface area contributed by atoms with E-state index in [1.807, 2.05) is 18.5 Å². The van der Waals surface area contributed by atoms with Crippen LogP contribution in [0, 0.1) is 5.92 Å². The van der Waals surface area contributed by atoms with Crippen molar-refractivity contribution in [2.45, 2.75) is 45.1 Å². The quantitative estimate of drug-likeness (QED) is 0.822. The van der Waals surface area contributed by atoms with Crippen molar-refractivity contribution in [3.05, 3.63) is 30.1 Å². The number of hydrogen-bond acceptors (Lipinski definition) is 2. The Balaban J connectivity index is 1.72. The van der Waals surface area contributed by atoms with Crippen LogP contribution >= 0.6 is 0 Å². The summed E-state index contributed by atoms with van der Waals surface area (Å²) >= 11 is 0. The Morgan fingerprint density at radius 2 is 2.38 bits per heavy atom. The first kappa shape index (κ1) is 11.6. The Labute approximate surface area is 98.5 Å². The fourth-order valence-electron chi connectivity index (χ4n) is 2.74. The molecule has 2 heteroatoms. The van der Waals surface area contributed by atoms with E-state index >= 15 is 0 Å². The molecule has 1 aliphatic rings. The van der Waals surface area contributed by atoms with Gasteiger partial charge in [-0.3, -0.25) is 4.98 Å². The normalized spacial score (nSPS) is 24.8. The zero-order valence-corrected chi connectivity index (χ0v) is 10.2. The maximum atomic E-state index is 4.14. The average molecular weight is 218 g/mol. The van der Waals surface area contributed by atoms with Crippen molar-refractivity contribution >= 4 is 0 Å². The molecular formula is C14H22N2.